The lowest BCUT2D eigenvalue weighted by atomic mass is 9.82. The third-order valence-electron chi connectivity index (χ3n) is 3.67. The van der Waals surface area contributed by atoms with Crippen molar-refractivity contribution in [2.75, 3.05) is 19.8 Å². The Hall–Kier alpha value is -0.940. The average molecular weight is 252 g/mol. The Balaban J connectivity index is 1.82. The van der Waals surface area contributed by atoms with Crippen LogP contribution in [0.25, 0.3) is 0 Å². The third-order valence-corrected chi connectivity index (χ3v) is 3.67. The van der Waals surface area contributed by atoms with Crippen LogP contribution in [0.3, 0.4) is 0 Å². The number of nitrogens with zero attached hydrogens (tertiary/aromatic N) is 3. The Bertz CT molecular complexity index is 369. The highest BCUT2D eigenvalue weighted by atomic mass is 16.5. The van der Waals surface area contributed by atoms with Crippen molar-refractivity contribution in [2.45, 2.75) is 46.2 Å². The van der Waals surface area contributed by atoms with Crippen molar-refractivity contribution in [3.63, 3.8) is 0 Å². The zero-order valence-corrected chi connectivity index (χ0v) is 11.6. The molecule has 0 unspecified atom stereocenters. The largest absolute Gasteiger partial charge is 0.381 e. The third kappa shape index (κ3) is 3.29. The maximum absolute atomic E-state index is 5.41. The first-order chi connectivity index (χ1) is 8.61. The van der Waals surface area contributed by atoms with Crippen molar-refractivity contribution in [3.05, 3.63) is 12.2 Å². The van der Waals surface area contributed by atoms with E-state index in [-0.39, 0.29) is 0 Å². The van der Waals surface area contributed by atoms with Crippen molar-refractivity contribution in [1.82, 2.24) is 20.1 Å². The quantitative estimate of drug-likeness (QED) is 0.867. The lowest BCUT2D eigenvalue weighted by Crippen LogP contribution is -2.37. The molecule has 1 aromatic rings. The first-order valence-electron chi connectivity index (χ1n) is 6.78. The highest BCUT2D eigenvalue weighted by Crippen LogP contribution is 2.28. The van der Waals surface area contributed by atoms with Crippen molar-refractivity contribution in [3.8, 4) is 0 Å². The number of aromatic nitrogens is 3. The Kier molecular flexibility index (Phi) is 4.35. The molecule has 5 heteroatoms. The summed E-state index contributed by atoms with van der Waals surface area (Å²) in [7, 11) is 0. The van der Waals surface area contributed by atoms with Crippen molar-refractivity contribution < 1.29 is 4.74 Å². The molecule has 2 rings (SSSR count). The molecule has 1 aliphatic rings. The fourth-order valence-corrected chi connectivity index (χ4v) is 2.35. The number of rotatable bonds is 5. The van der Waals surface area contributed by atoms with Gasteiger partial charge >= 0.3 is 0 Å². The van der Waals surface area contributed by atoms with Gasteiger partial charge in [0.25, 0.3) is 0 Å². The van der Waals surface area contributed by atoms with Crippen molar-refractivity contribution in [1.29, 1.82) is 0 Å². The molecule has 0 atom stereocenters. The Labute approximate surface area is 109 Å². The molecule has 0 bridgehead atoms. The van der Waals surface area contributed by atoms with E-state index >= 15 is 0 Å². The summed E-state index contributed by atoms with van der Waals surface area (Å²) < 4.78 is 7.39. The van der Waals surface area contributed by atoms with Crippen LogP contribution < -0.4 is 5.32 Å². The van der Waals surface area contributed by atoms with Crippen molar-refractivity contribution >= 4 is 0 Å². The minimum Gasteiger partial charge on any atom is -0.381 e. The summed E-state index contributed by atoms with van der Waals surface area (Å²) in [6.45, 7) is 10.2. The predicted molar refractivity (Wildman–Crippen MR) is 70.3 cm³/mol. The minimum atomic E-state index is 0.362. The van der Waals surface area contributed by atoms with Crippen LogP contribution >= 0.6 is 0 Å². The van der Waals surface area contributed by atoms with Gasteiger partial charge in [0.05, 0.1) is 6.54 Å². The van der Waals surface area contributed by atoms with Crippen molar-refractivity contribution in [2.24, 2.45) is 5.41 Å². The zero-order valence-electron chi connectivity index (χ0n) is 11.6. The zero-order chi connectivity index (χ0) is 13.0. The lowest BCUT2D eigenvalue weighted by molar-refractivity contribution is 0.0239. The van der Waals surface area contributed by atoms with E-state index < -0.39 is 0 Å². The van der Waals surface area contributed by atoms with E-state index in [0.717, 1.165) is 45.0 Å². The minimum absolute atomic E-state index is 0.362. The van der Waals surface area contributed by atoms with Gasteiger partial charge in [-0.3, -0.25) is 0 Å². The van der Waals surface area contributed by atoms with E-state index in [0.29, 0.717) is 11.5 Å². The Morgan fingerprint density at radius 1 is 1.44 bits per heavy atom. The molecule has 1 aromatic heterocycles. The fraction of sp³-hybridized carbons (Fsp3) is 0.846. The molecule has 1 N–H and O–H groups in total. The van der Waals surface area contributed by atoms with Gasteiger partial charge in [-0.1, -0.05) is 6.92 Å². The Morgan fingerprint density at radius 3 is 2.83 bits per heavy atom. The van der Waals surface area contributed by atoms with E-state index in [9.17, 15) is 0 Å². The summed E-state index contributed by atoms with van der Waals surface area (Å²) in [6.07, 6.45) is 3.90. The SMILES string of the molecule is CC(C)n1ncnc1CNCC1(C)CCOCC1. The van der Waals surface area contributed by atoms with E-state index in [2.05, 4.69) is 36.2 Å². The van der Waals surface area contributed by atoms with Gasteiger partial charge in [-0.2, -0.15) is 5.10 Å². The van der Waals surface area contributed by atoms with E-state index in [1.807, 2.05) is 4.68 Å². The molecule has 2 heterocycles. The van der Waals surface area contributed by atoms with Gasteiger partial charge < -0.3 is 10.1 Å². The van der Waals surface area contributed by atoms with Crippen LogP contribution in [0.5, 0.6) is 0 Å². The molecule has 0 radical (unpaired) electrons. The molecule has 0 aliphatic carbocycles. The van der Waals surface area contributed by atoms with Crippen LogP contribution in [-0.4, -0.2) is 34.5 Å². The van der Waals surface area contributed by atoms with Crippen LogP contribution in [-0.2, 0) is 11.3 Å². The molecule has 1 aliphatic heterocycles. The number of ether oxygens (including phenoxy) is 1. The molecule has 1 saturated heterocycles. The summed E-state index contributed by atoms with van der Waals surface area (Å²) in [5.41, 5.74) is 0.362. The summed E-state index contributed by atoms with van der Waals surface area (Å²) in [5.74, 6) is 1.01. The summed E-state index contributed by atoms with van der Waals surface area (Å²) in [5, 5.41) is 7.76. The van der Waals surface area contributed by atoms with E-state index in [1.165, 1.54) is 0 Å². The van der Waals surface area contributed by atoms with E-state index in [4.69, 9.17) is 4.74 Å². The number of nitrogens with one attached hydrogen (secondary N) is 1. The molecule has 0 saturated carbocycles. The predicted octanol–water partition coefficient (Wildman–Crippen LogP) is 1.77. The molecule has 0 spiro atoms. The van der Waals surface area contributed by atoms with Gasteiger partial charge in [-0.05, 0) is 32.1 Å². The van der Waals surface area contributed by atoms with Crippen LogP contribution in [0.2, 0.25) is 0 Å². The second-order valence-corrected chi connectivity index (χ2v) is 5.74. The molecule has 1 fully saturated rings. The fourth-order valence-electron chi connectivity index (χ4n) is 2.35. The smallest absolute Gasteiger partial charge is 0.141 e. The van der Waals surface area contributed by atoms with E-state index in [1.54, 1.807) is 6.33 Å². The first-order valence-corrected chi connectivity index (χ1v) is 6.78. The van der Waals surface area contributed by atoms with Gasteiger partial charge in [0, 0.05) is 25.8 Å². The van der Waals surface area contributed by atoms with Gasteiger partial charge in [0.1, 0.15) is 12.2 Å². The standard InChI is InChI=1S/C13H24N4O/c1-11(2)17-12(15-10-16-17)8-14-9-13(3)4-6-18-7-5-13/h10-11,14H,4-9H2,1-3H3. The second-order valence-electron chi connectivity index (χ2n) is 5.74. The lowest BCUT2D eigenvalue weighted by Gasteiger charge is -2.33. The molecule has 18 heavy (non-hydrogen) atoms. The van der Waals surface area contributed by atoms with Crippen LogP contribution in [0.15, 0.2) is 6.33 Å². The maximum Gasteiger partial charge on any atom is 0.141 e. The average Bonchev–Trinajstić information content (AvgIpc) is 2.78. The van der Waals surface area contributed by atoms with Crippen LogP contribution in [0, 0.1) is 5.41 Å². The Morgan fingerprint density at radius 2 is 2.17 bits per heavy atom. The second kappa shape index (κ2) is 5.80. The van der Waals surface area contributed by atoms with Crippen LogP contribution in [0.4, 0.5) is 0 Å². The number of hydrogen-bond acceptors (Lipinski definition) is 4. The highest BCUT2D eigenvalue weighted by molar-refractivity contribution is 4.87. The van der Waals surface area contributed by atoms with Gasteiger partial charge in [-0.25, -0.2) is 9.67 Å². The molecule has 0 amide bonds. The monoisotopic (exact) mass is 252 g/mol. The van der Waals surface area contributed by atoms with Gasteiger partial charge in [-0.15, -0.1) is 0 Å². The normalized spacial score (nSPS) is 19.3. The first kappa shape index (κ1) is 13.5. The topological polar surface area (TPSA) is 52.0 Å². The van der Waals surface area contributed by atoms with Gasteiger partial charge in [0.15, 0.2) is 0 Å². The summed E-state index contributed by atoms with van der Waals surface area (Å²) in [4.78, 5) is 4.31. The summed E-state index contributed by atoms with van der Waals surface area (Å²) in [6, 6.07) is 0.364. The molecule has 102 valence electrons. The summed E-state index contributed by atoms with van der Waals surface area (Å²) >= 11 is 0. The molecule has 0 aromatic carbocycles. The molecule has 5 nitrogen and oxygen atoms in total. The molecular formula is C13H24N4O. The van der Waals surface area contributed by atoms with Gasteiger partial charge in [0.2, 0.25) is 0 Å². The highest BCUT2D eigenvalue weighted by Gasteiger charge is 2.26. The van der Waals surface area contributed by atoms with Crippen LogP contribution in [0.1, 0.15) is 45.5 Å². The maximum atomic E-state index is 5.41. The molecular weight excluding hydrogens is 228 g/mol. The number of hydrogen-bond donors (Lipinski definition) is 1.